The fourth-order valence-corrected chi connectivity index (χ4v) is 2.11. The predicted octanol–water partition coefficient (Wildman–Crippen LogP) is 2.82. The lowest BCUT2D eigenvalue weighted by molar-refractivity contribution is -0.131. The van der Waals surface area contributed by atoms with Gasteiger partial charge in [-0.25, -0.2) is 0 Å². The zero-order valence-corrected chi connectivity index (χ0v) is 9.35. The number of H-pyrrole nitrogens is 1. The lowest BCUT2D eigenvalue weighted by Gasteiger charge is -2.03. The van der Waals surface area contributed by atoms with Gasteiger partial charge in [0.2, 0.25) is 0 Å². The first-order valence-electron chi connectivity index (χ1n) is 4.55. The van der Waals surface area contributed by atoms with E-state index in [2.05, 4.69) is 4.98 Å². The fraction of sp³-hybridized carbons (Fsp3) is 0.182. The first kappa shape index (κ1) is 10.1. The molecule has 0 aliphatic carbocycles. The molecule has 1 aromatic heterocycles. The molecular formula is C11H11NO2S. The maximum atomic E-state index is 10.9. The van der Waals surface area contributed by atoms with E-state index in [0.29, 0.717) is 5.75 Å². The Kier molecular flexibility index (Phi) is 2.68. The van der Waals surface area contributed by atoms with Gasteiger partial charge >= 0.3 is 5.97 Å². The lowest BCUT2D eigenvalue weighted by Crippen LogP contribution is -2.01. The molecule has 0 atom stereocenters. The summed E-state index contributed by atoms with van der Waals surface area (Å²) in [5, 5.41) is 0.972. The summed E-state index contributed by atoms with van der Waals surface area (Å²) in [5.74, 6) is 0.321. The van der Waals surface area contributed by atoms with E-state index in [0.717, 1.165) is 15.8 Å². The number of carbonyl (C=O) groups is 1. The number of esters is 1. The molecule has 2 aromatic rings. The van der Waals surface area contributed by atoms with Crippen LogP contribution in [0.25, 0.3) is 10.9 Å². The molecule has 0 bridgehead atoms. The van der Waals surface area contributed by atoms with Gasteiger partial charge in [-0.15, -0.1) is 11.8 Å². The SMILES string of the molecule is CSc1c[nH]c2cccc(OC(C)=O)c12. The average molecular weight is 221 g/mol. The first-order valence-corrected chi connectivity index (χ1v) is 5.77. The van der Waals surface area contributed by atoms with E-state index in [9.17, 15) is 4.79 Å². The number of ether oxygens (including phenoxy) is 1. The molecule has 0 aliphatic rings. The van der Waals surface area contributed by atoms with Crippen LogP contribution in [0.15, 0.2) is 29.3 Å². The number of benzene rings is 1. The van der Waals surface area contributed by atoms with E-state index in [4.69, 9.17) is 4.74 Å². The molecule has 78 valence electrons. The van der Waals surface area contributed by atoms with Crippen molar-refractivity contribution in [1.29, 1.82) is 0 Å². The monoisotopic (exact) mass is 221 g/mol. The smallest absolute Gasteiger partial charge is 0.308 e. The Balaban J connectivity index is 2.61. The van der Waals surface area contributed by atoms with E-state index in [1.54, 1.807) is 17.8 Å². The maximum absolute atomic E-state index is 10.9. The summed E-state index contributed by atoms with van der Waals surface area (Å²) in [6.07, 6.45) is 3.91. The second-order valence-corrected chi connectivity index (χ2v) is 3.98. The number of rotatable bonds is 2. The highest BCUT2D eigenvalue weighted by Gasteiger charge is 2.09. The molecule has 1 aromatic carbocycles. The van der Waals surface area contributed by atoms with E-state index < -0.39 is 0 Å². The molecule has 0 fully saturated rings. The lowest BCUT2D eigenvalue weighted by atomic mass is 10.2. The van der Waals surface area contributed by atoms with E-state index in [1.165, 1.54) is 6.92 Å². The van der Waals surface area contributed by atoms with Crippen molar-refractivity contribution in [2.75, 3.05) is 6.26 Å². The zero-order valence-electron chi connectivity index (χ0n) is 8.53. The zero-order chi connectivity index (χ0) is 10.8. The van der Waals surface area contributed by atoms with Crippen molar-refractivity contribution >= 4 is 28.6 Å². The van der Waals surface area contributed by atoms with Crippen molar-refractivity contribution in [3.8, 4) is 5.75 Å². The van der Waals surface area contributed by atoms with Gasteiger partial charge in [0.25, 0.3) is 0 Å². The minimum atomic E-state index is -0.296. The van der Waals surface area contributed by atoms with Crippen LogP contribution in [0.4, 0.5) is 0 Å². The van der Waals surface area contributed by atoms with Crippen molar-refractivity contribution < 1.29 is 9.53 Å². The van der Waals surface area contributed by atoms with Crippen LogP contribution in [-0.2, 0) is 4.79 Å². The highest BCUT2D eigenvalue weighted by molar-refractivity contribution is 7.98. The first-order chi connectivity index (χ1) is 7.22. The van der Waals surface area contributed by atoms with Gasteiger partial charge < -0.3 is 9.72 Å². The summed E-state index contributed by atoms with van der Waals surface area (Å²) < 4.78 is 5.16. The molecule has 0 radical (unpaired) electrons. The van der Waals surface area contributed by atoms with Crippen molar-refractivity contribution in [1.82, 2.24) is 4.98 Å². The van der Waals surface area contributed by atoms with Gasteiger partial charge in [0, 0.05) is 18.0 Å². The number of thioether (sulfide) groups is 1. The van der Waals surface area contributed by atoms with Crippen LogP contribution in [0.5, 0.6) is 5.75 Å². The molecule has 0 spiro atoms. The van der Waals surface area contributed by atoms with Gasteiger partial charge in [0.05, 0.1) is 10.9 Å². The molecule has 1 N–H and O–H groups in total. The van der Waals surface area contributed by atoms with E-state index in [1.807, 2.05) is 24.6 Å². The topological polar surface area (TPSA) is 42.1 Å². The Labute approximate surface area is 91.8 Å². The second-order valence-electron chi connectivity index (χ2n) is 3.13. The minimum absolute atomic E-state index is 0.296. The summed E-state index contributed by atoms with van der Waals surface area (Å²) in [7, 11) is 0. The number of hydrogen-bond donors (Lipinski definition) is 1. The minimum Gasteiger partial charge on any atom is -0.426 e. The average Bonchev–Trinajstić information content (AvgIpc) is 2.61. The van der Waals surface area contributed by atoms with Crippen LogP contribution < -0.4 is 4.74 Å². The quantitative estimate of drug-likeness (QED) is 0.481. The van der Waals surface area contributed by atoms with Crippen LogP contribution in [0, 0.1) is 0 Å². The second kappa shape index (κ2) is 3.98. The van der Waals surface area contributed by atoms with Gasteiger partial charge in [0.1, 0.15) is 5.75 Å². The Bertz CT molecular complexity index is 504. The van der Waals surface area contributed by atoms with Crippen molar-refractivity contribution in [3.63, 3.8) is 0 Å². The normalized spacial score (nSPS) is 10.5. The van der Waals surface area contributed by atoms with Crippen LogP contribution in [0.1, 0.15) is 6.92 Å². The van der Waals surface area contributed by atoms with Gasteiger partial charge in [-0.2, -0.15) is 0 Å². The Morgan fingerprint density at radius 2 is 2.27 bits per heavy atom. The molecule has 0 amide bonds. The summed E-state index contributed by atoms with van der Waals surface area (Å²) in [5.41, 5.74) is 0.984. The standard InChI is InChI=1S/C11H11NO2S/c1-7(13)14-9-5-3-4-8-11(9)10(15-2)6-12-8/h3-6,12H,1-2H3. The highest BCUT2D eigenvalue weighted by Crippen LogP contribution is 2.33. The predicted molar refractivity (Wildman–Crippen MR) is 61.4 cm³/mol. The molecule has 4 heteroatoms. The number of fused-ring (bicyclic) bond motifs is 1. The number of nitrogens with one attached hydrogen (secondary N) is 1. The highest BCUT2D eigenvalue weighted by atomic mass is 32.2. The summed E-state index contributed by atoms with van der Waals surface area (Å²) in [6.45, 7) is 1.41. The molecule has 0 unspecified atom stereocenters. The number of carbonyl (C=O) groups excluding carboxylic acids is 1. The van der Waals surface area contributed by atoms with Crippen LogP contribution in [0.2, 0.25) is 0 Å². The number of aromatic nitrogens is 1. The van der Waals surface area contributed by atoms with Gasteiger partial charge in [-0.3, -0.25) is 4.79 Å². The molecule has 3 nitrogen and oxygen atoms in total. The van der Waals surface area contributed by atoms with Crippen molar-refractivity contribution in [3.05, 3.63) is 24.4 Å². The van der Waals surface area contributed by atoms with E-state index in [-0.39, 0.29) is 5.97 Å². The number of hydrogen-bond acceptors (Lipinski definition) is 3. The third-order valence-electron chi connectivity index (χ3n) is 2.10. The third-order valence-corrected chi connectivity index (χ3v) is 2.87. The fourth-order valence-electron chi connectivity index (χ4n) is 1.52. The molecule has 0 aliphatic heterocycles. The largest absolute Gasteiger partial charge is 0.426 e. The van der Waals surface area contributed by atoms with Crippen molar-refractivity contribution in [2.45, 2.75) is 11.8 Å². The number of aromatic amines is 1. The maximum Gasteiger partial charge on any atom is 0.308 e. The van der Waals surface area contributed by atoms with Crippen LogP contribution in [-0.4, -0.2) is 17.2 Å². The summed E-state index contributed by atoms with van der Waals surface area (Å²) >= 11 is 1.62. The Hall–Kier alpha value is -1.42. The van der Waals surface area contributed by atoms with Crippen molar-refractivity contribution in [2.24, 2.45) is 0 Å². The molecule has 1 heterocycles. The molecule has 2 rings (SSSR count). The molecule has 0 saturated carbocycles. The van der Waals surface area contributed by atoms with Crippen LogP contribution >= 0.6 is 11.8 Å². The summed E-state index contributed by atoms with van der Waals surface area (Å²) in [4.78, 5) is 15.2. The summed E-state index contributed by atoms with van der Waals surface area (Å²) in [6, 6.07) is 5.63. The Morgan fingerprint density at radius 1 is 1.47 bits per heavy atom. The molecule has 0 saturated heterocycles. The van der Waals surface area contributed by atoms with Gasteiger partial charge in [-0.05, 0) is 18.4 Å². The molecule has 15 heavy (non-hydrogen) atoms. The van der Waals surface area contributed by atoms with Crippen LogP contribution in [0.3, 0.4) is 0 Å². The Morgan fingerprint density at radius 3 is 2.93 bits per heavy atom. The van der Waals surface area contributed by atoms with Gasteiger partial charge in [-0.1, -0.05) is 6.07 Å². The third kappa shape index (κ3) is 1.85. The van der Waals surface area contributed by atoms with E-state index >= 15 is 0 Å². The molecular weight excluding hydrogens is 210 g/mol. The van der Waals surface area contributed by atoms with Gasteiger partial charge in [0.15, 0.2) is 0 Å².